The summed E-state index contributed by atoms with van der Waals surface area (Å²) in [4.78, 5) is 23.9. The lowest BCUT2D eigenvalue weighted by Gasteiger charge is -2.27. The van der Waals surface area contributed by atoms with Crippen molar-refractivity contribution in [1.29, 1.82) is 0 Å². The maximum absolute atomic E-state index is 12.1. The molecule has 0 aromatic heterocycles. The lowest BCUT2D eigenvalue weighted by molar-refractivity contribution is -0.160. The van der Waals surface area contributed by atoms with Crippen molar-refractivity contribution in [2.45, 2.75) is 72.6 Å². The molecule has 0 heterocycles. The number of carbonyl (C=O) groups excluding carboxylic acids is 2. The van der Waals surface area contributed by atoms with Gasteiger partial charge in [-0.25, -0.2) is 4.79 Å². The molecule has 20 heavy (non-hydrogen) atoms. The van der Waals surface area contributed by atoms with Crippen molar-refractivity contribution in [1.82, 2.24) is 5.32 Å². The number of carbonyl (C=O) groups is 2. The maximum atomic E-state index is 12.1. The molecular formula is C15H29NO4. The average molecular weight is 287 g/mol. The van der Waals surface area contributed by atoms with Crippen molar-refractivity contribution in [3.63, 3.8) is 0 Å². The first kappa shape index (κ1) is 18.9. The van der Waals surface area contributed by atoms with Gasteiger partial charge < -0.3 is 14.8 Å². The number of amides is 1. The van der Waals surface area contributed by atoms with Gasteiger partial charge in [-0.15, -0.1) is 0 Å². The summed E-state index contributed by atoms with van der Waals surface area (Å²) in [5, 5.41) is 2.67. The van der Waals surface area contributed by atoms with Gasteiger partial charge in [0.05, 0.1) is 5.60 Å². The Labute approximate surface area is 122 Å². The van der Waals surface area contributed by atoms with Gasteiger partial charge in [0.2, 0.25) is 5.91 Å². The molecule has 118 valence electrons. The summed E-state index contributed by atoms with van der Waals surface area (Å²) in [6, 6.07) is -0.662. The molecule has 0 saturated carbocycles. The molecule has 0 bridgehead atoms. The number of nitrogens with one attached hydrogen (secondary N) is 1. The molecule has 0 unspecified atom stereocenters. The number of rotatable bonds is 5. The van der Waals surface area contributed by atoms with E-state index in [0.717, 1.165) is 0 Å². The van der Waals surface area contributed by atoms with Gasteiger partial charge >= 0.3 is 5.97 Å². The van der Waals surface area contributed by atoms with Crippen LogP contribution in [0.5, 0.6) is 0 Å². The van der Waals surface area contributed by atoms with E-state index in [0.29, 0.717) is 0 Å². The zero-order valence-electron chi connectivity index (χ0n) is 14.0. The Morgan fingerprint density at radius 3 is 1.85 bits per heavy atom. The van der Waals surface area contributed by atoms with E-state index in [1.54, 1.807) is 20.8 Å². The molecule has 0 aromatic carbocycles. The highest BCUT2D eigenvalue weighted by molar-refractivity contribution is 5.85. The smallest absolute Gasteiger partial charge is 0.329 e. The highest BCUT2D eigenvalue weighted by atomic mass is 16.6. The van der Waals surface area contributed by atoms with E-state index in [2.05, 4.69) is 5.32 Å². The maximum Gasteiger partial charge on any atom is 0.329 e. The third-order valence-corrected chi connectivity index (χ3v) is 2.28. The first-order chi connectivity index (χ1) is 8.82. The number of ether oxygens (including phenoxy) is 2. The van der Waals surface area contributed by atoms with Crippen molar-refractivity contribution in [2.75, 3.05) is 6.61 Å². The van der Waals surface area contributed by atoms with Gasteiger partial charge in [-0.2, -0.15) is 0 Å². The van der Waals surface area contributed by atoms with Crippen LogP contribution in [0.15, 0.2) is 0 Å². The van der Waals surface area contributed by atoms with Crippen molar-refractivity contribution >= 4 is 11.9 Å². The van der Waals surface area contributed by atoms with Crippen LogP contribution in [0.4, 0.5) is 0 Å². The van der Waals surface area contributed by atoms with E-state index in [9.17, 15) is 9.59 Å². The van der Waals surface area contributed by atoms with Crippen LogP contribution < -0.4 is 5.32 Å². The summed E-state index contributed by atoms with van der Waals surface area (Å²) >= 11 is 0. The normalized spacial score (nSPS) is 14.1. The van der Waals surface area contributed by atoms with Gasteiger partial charge in [0.15, 0.2) is 0 Å². The van der Waals surface area contributed by atoms with Gasteiger partial charge in [-0.3, -0.25) is 4.79 Å². The van der Waals surface area contributed by atoms with E-state index < -0.39 is 23.2 Å². The van der Waals surface area contributed by atoms with Gasteiger partial charge in [-0.05, 0) is 47.5 Å². The molecule has 1 amide bonds. The first-order valence-electron chi connectivity index (χ1n) is 6.98. The summed E-state index contributed by atoms with van der Waals surface area (Å²) in [5.74, 6) is -0.787. The van der Waals surface area contributed by atoms with Gasteiger partial charge in [0.25, 0.3) is 0 Å². The van der Waals surface area contributed by atoms with Crippen LogP contribution in [0, 0.1) is 5.92 Å². The van der Waals surface area contributed by atoms with Crippen molar-refractivity contribution < 1.29 is 19.1 Å². The van der Waals surface area contributed by atoms with Crippen LogP contribution in [-0.4, -0.2) is 35.7 Å². The molecule has 1 N–H and O–H groups in total. The lowest BCUT2D eigenvalue weighted by Crippen LogP contribution is -2.48. The number of hydrogen-bond acceptors (Lipinski definition) is 4. The molecule has 0 aliphatic carbocycles. The van der Waals surface area contributed by atoms with E-state index in [1.165, 1.54) is 0 Å². The van der Waals surface area contributed by atoms with Crippen molar-refractivity contribution in [3.05, 3.63) is 0 Å². The minimum absolute atomic E-state index is 0.0524. The summed E-state index contributed by atoms with van der Waals surface area (Å²) in [7, 11) is 0. The second-order valence-electron chi connectivity index (χ2n) is 7.22. The SMILES string of the molecule is CC(C)[C@H](NC(=O)COC(C)(C)C)C(=O)OC(C)(C)C. The van der Waals surface area contributed by atoms with Gasteiger partial charge in [0.1, 0.15) is 18.2 Å². The summed E-state index contributed by atoms with van der Waals surface area (Å²) in [6.07, 6.45) is 0. The zero-order valence-corrected chi connectivity index (χ0v) is 14.0. The molecule has 0 spiro atoms. The van der Waals surface area contributed by atoms with Crippen molar-refractivity contribution in [2.24, 2.45) is 5.92 Å². The van der Waals surface area contributed by atoms with E-state index in [4.69, 9.17) is 9.47 Å². The molecule has 0 aliphatic rings. The fraction of sp³-hybridized carbons (Fsp3) is 0.867. The number of esters is 1. The minimum atomic E-state index is -0.662. The Balaban J connectivity index is 4.56. The quantitative estimate of drug-likeness (QED) is 0.788. The summed E-state index contributed by atoms with van der Waals surface area (Å²) in [5.41, 5.74) is -0.965. The molecule has 0 saturated heterocycles. The molecule has 0 aliphatic heterocycles. The van der Waals surface area contributed by atoms with E-state index in [-0.39, 0.29) is 18.4 Å². The Kier molecular flexibility index (Phi) is 6.68. The standard InChI is InChI=1S/C15H29NO4/c1-10(2)12(13(18)20-15(6,7)8)16-11(17)9-19-14(3,4)5/h10,12H,9H2,1-8H3,(H,16,17)/t12-/m0/s1. The molecule has 5 heteroatoms. The van der Waals surface area contributed by atoms with Crippen molar-refractivity contribution in [3.8, 4) is 0 Å². The third kappa shape index (κ3) is 8.91. The Morgan fingerprint density at radius 1 is 1.00 bits per heavy atom. The number of hydrogen-bond donors (Lipinski definition) is 1. The fourth-order valence-corrected chi connectivity index (χ4v) is 1.36. The Morgan fingerprint density at radius 2 is 1.50 bits per heavy atom. The van der Waals surface area contributed by atoms with Crippen LogP contribution in [0.25, 0.3) is 0 Å². The molecular weight excluding hydrogens is 258 g/mol. The predicted octanol–water partition coefficient (Wildman–Crippen LogP) is 2.28. The minimum Gasteiger partial charge on any atom is -0.458 e. The second kappa shape index (κ2) is 7.07. The molecule has 1 atom stereocenters. The van der Waals surface area contributed by atoms with Crippen LogP contribution >= 0.6 is 0 Å². The van der Waals surface area contributed by atoms with Crippen LogP contribution in [0.3, 0.4) is 0 Å². The van der Waals surface area contributed by atoms with Gasteiger partial charge in [0, 0.05) is 0 Å². The topological polar surface area (TPSA) is 64.6 Å². The van der Waals surface area contributed by atoms with Gasteiger partial charge in [-0.1, -0.05) is 13.8 Å². The first-order valence-corrected chi connectivity index (χ1v) is 6.98. The molecule has 0 fully saturated rings. The highest BCUT2D eigenvalue weighted by Gasteiger charge is 2.29. The summed E-state index contributed by atoms with van der Waals surface area (Å²) in [6.45, 7) is 14.6. The predicted molar refractivity (Wildman–Crippen MR) is 78.3 cm³/mol. The molecule has 0 radical (unpaired) electrons. The molecule has 5 nitrogen and oxygen atoms in total. The fourth-order valence-electron chi connectivity index (χ4n) is 1.36. The lowest BCUT2D eigenvalue weighted by atomic mass is 10.0. The average Bonchev–Trinajstić information content (AvgIpc) is 2.18. The molecule has 0 aromatic rings. The largest absolute Gasteiger partial charge is 0.458 e. The van der Waals surface area contributed by atoms with Crippen LogP contribution in [-0.2, 0) is 19.1 Å². The van der Waals surface area contributed by atoms with E-state index in [1.807, 2.05) is 34.6 Å². The Bertz CT molecular complexity index is 337. The second-order valence-corrected chi connectivity index (χ2v) is 7.22. The Hall–Kier alpha value is -1.10. The third-order valence-electron chi connectivity index (χ3n) is 2.28. The monoisotopic (exact) mass is 287 g/mol. The van der Waals surface area contributed by atoms with Crippen LogP contribution in [0.1, 0.15) is 55.4 Å². The summed E-state index contributed by atoms with van der Waals surface area (Å²) < 4.78 is 10.7. The van der Waals surface area contributed by atoms with Crippen LogP contribution in [0.2, 0.25) is 0 Å². The zero-order chi connectivity index (χ0) is 16.1. The highest BCUT2D eigenvalue weighted by Crippen LogP contribution is 2.12. The van der Waals surface area contributed by atoms with E-state index >= 15 is 0 Å². The molecule has 0 rings (SSSR count).